The number of Topliss-reactive ketones (excluding diaryl/α,β-unsaturated/α-hetero) is 2. The Bertz CT molecular complexity index is 3140. The van der Waals surface area contributed by atoms with Crippen LogP contribution in [0.25, 0.3) is 0 Å². The smallest absolute Gasteiger partial charge is 0.338 e. The van der Waals surface area contributed by atoms with E-state index < -0.39 is 146 Å². The van der Waals surface area contributed by atoms with Crippen molar-refractivity contribution in [3.63, 3.8) is 0 Å². The Morgan fingerprint density at radius 1 is 0.586 bits per heavy atom. The van der Waals surface area contributed by atoms with Gasteiger partial charge in [0, 0.05) is 75.0 Å². The zero-order valence-electron chi connectivity index (χ0n) is 52.1. The second-order valence-electron chi connectivity index (χ2n) is 26.5. The van der Waals surface area contributed by atoms with Gasteiger partial charge in [0.15, 0.2) is 11.2 Å². The van der Waals surface area contributed by atoms with E-state index in [4.69, 9.17) is 44.8 Å². The van der Waals surface area contributed by atoms with E-state index in [9.17, 15) is 63.9 Å². The average Bonchev–Trinajstić information content (AvgIpc) is 0.683. The molecule has 2 heterocycles. The van der Waals surface area contributed by atoms with E-state index in [1.807, 2.05) is 0 Å². The van der Waals surface area contributed by atoms with E-state index in [2.05, 4.69) is 0 Å². The highest BCUT2D eigenvalue weighted by Crippen LogP contribution is 2.67. The van der Waals surface area contributed by atoms with Gasteiger partial charge in [0.1, 0.15) is 53.3 Å². The van der Waals surface area contributed by atoms with Crippen LogP contribution in [0, 0.1) is 45.3 Å². The molecule has 21 heteroatoms. The van der Waals surface area contributed by atoms with Crippen LogP contribution in [0.15, 0.2) is 83.0 Å². The first kappa shape index (κ1) is 67.2. The number of carbonyl (C=O) groups excluding carboxylic acids is 8. The first-order valence-corrected chi connectivity index (χ1v) is 30.4. The number of rotatable bonds is 9. The minimum absolute atomic E-state index is 0.0283. The van der Waals surface area contributed by atoms with Crippen molar-refractivity contribution in [3.05, 3.63) is 94.1 Å². The van der Waals surface area contributed by atoms with Gasteiger partial charge in [0.2, 0.25) is 5.24 Å². The van der Waals surface area contributed by atoms with Crippen LogP contribution in [0.1, 0.15) is 156 Å². The monoisotopic (exact) mass is 1230 g/mol. The molecule has 18 atom stereocenters. The lowest BCUT2D eigenvalue weighted by molar-refractivity contribution is -0.346. The van der Waals surface area contributed by atoms with E-state index >= 15 is 0 Å². The van der Waals surface area contributed by atoms with Crippen LogP contribution < -0.4 is 0 Å². The largest absolute Gasteiger partial charge is 0.461 e. The summed E-state index contributed by atoms with van der Waals surface area (Å²) in [7, 11) is 0. The number of aliphatic hydroxyl groups excluding tert-OH is 3. The van der Waals surface area contributed by atoms with E-state index in [0.717, 1.165) is 0 Å². The molecule has 87 heavy (non-hydrogen) atoms. The highest BCUT2D eigenvalue weighted by molar-refractivity contribution is 6.63. The second-order valence-corrected chi connectivity index (χ2v) is 27.0. The number of fused-ring (bicyclic) bond motifs is 10. The minimum atomic E-state index is -1.95. The van der Waals surface area contributed by atoms with Crippen molar-refractivity contribution >= 4 is 58.3 Å². The van der Waals surface area contributed by atoms with E-state index in [1.54, 1.807) is 144 Å². The number of ketones is 2. The molecule has 5 N–H and O–H groups in total. The number of benzene rings is 2. The maximum absolute atomic E-state index is 15.0. The molecule has 2 aromatic carbocycles. The number of aliphatic hydroxyl groups is 5. The Morgan fingerprint density at radius 2 is 0.954 bits per heavy atom. The Morgan fingerprint density at radius 3 is 1.30 bits per heavy atom. The fourth-order valence-electron chi connectivity index (χ4n) is 16.7. The van der Waals surface area contributed by atoms with Crippen molar-refractivity contribution < 1.29 is 97.0 Å². The van der Waals surface area contributed by atoms with Crippen molar-refractivity contribution in [1.29, 1.82) is 0 Å². The molecular weight excluding hydrogens is 1150 g/mol. The highest BCUT2D eigenvalue weighted by atomic mass is 35.5. The van der Waals surface area contributed by atoms with E-state index in [-0.39, 0.29) is 73.3 Å². The topological polar surface area (TPSA) is 302 Å². The molecule has 4 bridgehead atoms. The Hall–Kier alpha value is -5.71. The fourth-order valence-corrected chi connectivity index (χ4v) is 16.7. The first-order valence-electron chi connectivity index (χ1n) is 30.0. The van der Waals surface area contributed by atoms with Crippen LogP contribution in [0.2, 0.25) is 0 Å². The Kier molecular flexibility index (Phi) is 18.5. The molecule has 6 aliphatic carbocycles. The van der Waals surface area contributed by atoms with Gasteiger partial charge in [-0.25, -0.2) is 9.59 Å². The van der Waals surface area contributed by atoms with Crippen molar-refractivity contribution in [1.82, 2.24) is 0 Å². The summed E-state index contributed by atoms with van der Waals surface area (Å²) in [5.74, 6) is -7.96. The molecule has 0 spiro atoms. The van der Waals surface area contributed by atoms with Crippen molar-refractivity contribution in [3.8, 4) is 0 Å². The molecule has 476 valence electrons. The molecule has 4 saturated carbocycles. The number of hydrogen-bond acceptors (Lipinski definition) is 20. The summed E-state index contributed by atoms with van der Waals surface area (Å²) in [4.78, 5) is 104. The molecule has 0 aromatic heterocycles. The van der Waals surface area contributed by atoms with Gasteiger partial charge in [0.05, 0.1) is 65.3 Å². The van der Waals surface area contributed by atoms with Crippen LogP contribution in [-0.4, -0.2) is 157 Å². The third kappa shape index (κ3) is 10.5. The molecule has 0 amide bonds. The Labute approximate surface area is 512 Å². The number of esters is 5. The highest BCUT2D eigenvalue weighted by Gasteiger charge is 2.80. The summed E-state index contributed by atoms with van der Waals surface area (Å²) < 4.78 is 42.2. The molecule has 0 radical (unpaired) electrons. The van der Waals surface area contributed by atoms with Gasteiger partial charge >= 0.3 is 29.8 Å². The predicted octanol–water partition coefficient (Wildman–Crippen LogP) is 6.84. The number of carbonyl (C=O) groups is 8. The summed E-state index contributed by atoms with van der Waals surface area (Å²) in [6.07, 6.45) is -8.87. The van der Waals surface area contributed by atoms with Gasteiger partial charge in [-0.05, 0) is 85.9 Å². The number of ether oxygens (including phenoxy) is 7. The van der Waals surface area contributed by atoms with E-state index in [1.165, 1.54) is 13.8 Å². The van der Waals surface area contributed by atoms with Crippen molar-refractivity contribution in [2.75, 3.05) is 13.2 Å². The van der Waals surface area contributed by atoms with Crippen molar-refractivity contribution in [2.45, 2.75) is 207 Å². The van der Waals surface area contributed by atoms with Gasteiger partial charge in [-0.15, -0.1) is 0 Å². The van der Waals surface area contributed by atoms with Gasteiger partial charge in [-0.2, -0.15) is 0 Å². The summed E-state index contributed by atoms with van der Waals surface area (Å²) in [6.45, 7) is 22.9. The SMILES string of the molecule is CC(=O)O[C@@]12CO[C@@H]1C[C@H](O)[C@@]1(C)C(=O)[C@H](C)C3=C(C)[C@@H](O)C[C@@](O)([C@@H](OC(=O)c4ccccc4)C12)C3(C)C.CCC(=O)Cl.CCC(=O)O[C@H]1C[C@H]2OC[C@@]2(OC(C)=O)C2[C@H](OC(=O)c3ccccc3)[C@]3(O)C[C@H](O)C(C)=C([C@@H](C)C(=O)[C@@]21C)C3(C)C. The van der Waals surface area contributed by atoms with E-state index in [0.29, 0.717) is 28.7 Å². The van der Waals surface area contributed by atoms with Gasteiger partial charge in [0.25, 0.3) is 0 Å². The molecule has 2 unspecified atom stereocenters. The molecule has 2 saturated heterocycles. The minimum Gasteiger partial charge on any atom is -0.461 e. The molecular formula is C66H85ClO20. The van der Waals surface area contributed by atoms with Crippen LogP contribution >= 0.6 is 11.6 Å². The molecule has 20 nitrogen and oxygen atoms in total. The fraction of sp³-hybridized carbons (Fsp3) is 0.636. The van der Waals surface area contributed by atoms with Crippen LogP contribution in [0.5, 0.6) is 0 Å². The lowest BCUT2D eigenvalue weighted by Crippen LogP contribution is -2.81. The standard InChI is InChI=1S/C33H42O10.C30H38O9.C3H5ClO/c1-8-24(36)41-22-14-23-32(16-40-23,43-19(4)34)26-28(42-29(38)20-12-10-9-11-13-20)33(39)15-21(35)17(2)25(30(33,5)6)18(3)27(37)31(22,26)7;1-15-19(32)13-30(36)25(38-26(35)18-10-8-7-9-11-18)23-28(6,24(34)16(2)22(15)27(30,4)5)20(33)12-21-29(23,14-37-21)39-17(3)31;1-2-3(4)5/h9-13,18,21-23,26,28,35,39H,8,14-16H2,1-7H3;7-11,16,19-21,23,25,32-33,36H,12-14H2,1-6H3;2H2,1H3/t18-,21+,22+,23-,26?,28+,31-,32+,33-;16-,19+,20+,21-,23?,25+,28-,29+,30-;/m11./s1. The summed E-state index contributed by atoms with van der Waals surface area (Å²) in [5.41, 5.74) is -9.64. The lowest BCUT2D eigenvalue weighted by Gasteiger charge is -2.67. The first-order chi connectivity index (χ1) is 40.5. The number of halogens is 1. The van der Waals surface area contributed by atoms with Crippen LogP contribution in [0.4, 0.5) is 0 Å². The summed E-state index contributed by atoms with van der Waals surface area (Å²) in [6, 6.07) is 16.5. The summed E-state index contributed by atoms with van der Waals surface area (Å²) >= 11 is 4.82. The zero-order valence-corrected chi connectivity index (χ0v) is 52.9. The maximum atomic E-state index is 15.0. The third-order valence-electron chi connectivity index (χ3n) is 21.3. The predicted molar refractivity (Wildman–Crippen MR) is 312 cm³/mol. The Balaban J connectivity index is 0.000000210. The third-order valence-corrected chi connectivity index (χ3v) is 21.6. The van der Waals surface area contributed by atoms with Gasteiger partial charge in [-0.3, -0.25) is 28.8 Å². The molecule has 10 rings (SSSR count). The molecule has 6 fully saturated rings. The normalized spacial score (nSPS) is 39.2. The molecule has 2 aliphatic heterocycles. The van der Waals surface area contributed by atoms with Crippen LogP contribution in [0.3, 0.4) is 0 Å². The lowest BCUT2D eigenvalue weighted by atomic mass is 9.43. The number of hydrogen-bond donors (Lipinski definition) is 5. The molecule has 2 aromatic rings. The zero-order chi connectivity index (χ0) is 64.7. The van der Waals surface area contributed by atoms with Gasteiger partial charge < -0.3 is 58.7 Å². The molecule has 8 aliphatic rings. The van der Waals surface area contributed by atoms with Crippen molar-refractivity contribution in [2.24, 2.45) is 45.3 Å². The second kappa shape index (κ2) is 23.9. The maximum Gasteiger partial charge on any atom is 0.338 e. The van der Waals surface area contributed by atoms with Crippen LogP contribution in [-0.2, 0) is 61.9 Å². The van der Waals surface area contributed by atoms with Gasteiger partial charge in [-0.1, -0.05) is 91.8 Å². The average molecular weight is 1230 g/mol. The quantitative estimate of drug-likeness (QED) is 0.0743. The summed E-state index contributed by atoms with van der Waals surface area (Å²) in [5, 5.41) is 59.5.